The van der Waals surface area contributed by atoms with Gasteiger partial charge in [0.2, 0.25) is 0 Å². The molecule has 7 heteroatoms. The van der Waals surface area contributed by atoms with E-state index in [4.69, 9.17) is 4.74 Å². The first kappa shape index (κ1) is 13.3. The van der Waals surface area contributed by atoms with Gasteiger partial charge in [-0.2, -0.15) is 0 Å². The van der Waals surface area contributed by atoms with E-state index in [1.165, 1.54) is 0 Å². The molecule has 0 aliphatic rings. The van der Waals surface area contributed by atoms with Gasteiger partial charge in [0.1, 0.15) is 18.1 Å². The monoisotopic (exact) mass is 262 g/mol. The Hall–Kier alpha value is -2.18. The fourth-order valence-corrected chi connectivity index (χ4v) is 1.52. The normalized spacial score (nSPS) is 10.4. The van der Waals surface area contributed by atoms with E-state index in [9.17, 15) is 0 Å². The summed E-state index contributed by atoms with van der Waals surface area (Å²) in [6.45, 7) is 5.21. The van der Waals surface area contributed by atoms with Crippen molar-refractivity contribution in [3.63, 3.8) is 0 Å². The fourth-order valence-electron chi connectivity index (χ4n) is 1.52. The third kappa shape index (κ3) is 3.90. The van der Waals surface area contributed by atoms with Crippen LogP contribution in [0.5, 0.6) is 5.75 Å². The Bertz CT molecular complexity index is 499. The molecular formula is C12H18N6O. The quantitative estimate of drug-likeness (QED) is 0.738. The molecule has 19 heavy (non-hydrogen) atoms. The molecule has 0 spiro atoms. The predicted molar refractivity (Wildman–Crippen MR) is 70.9 cm³/mol. The maximum Gasteiger partial charge on any atom is 0.180 e. The average molecular weight is 262 g/mol. The lowest BCUT2D eigenvalue weighted by Gasteiger charge is -2.11. The minimum Gasteiger partial charge on any atom is -0.482 e. The maximum atomic E-state index is 5.66. The molecule has 102 valence electrons. The van der Waals surface area contributed by atoms with Gasteiger partial charge in [0.15, 0.2) is 11.6 Å². The zero-order valence-corrected chi connectivity index (χ0v) is 11.2. The van der Waals surface area contributed by atoms with E-state index in [0.29, 0.717) is 18.2 Å². The topological polar surface area (TPSA) is 88.6 Å². The second-order valence-electron chi connectivity index (χ2n) is 4.16. The lowest BCUT2D eigenvalue weighted by molar-refractivity contribution is 0.300. The van der Waals surface area contributed by atoms with Crippen LogP contribution in [0.3, 0.4) is 0 Å². The summed E-state index contributed by atoms with van der Waals surface area (Å²) in [5.41, 5.74) is 0.736. The van der Waals surface area contributed by atoms with Crippen LogP contribution in [0.15, 0.2) is 12.4 Å². The van der Waals surface area contributed by atoms with Crippen LogP contribution in [-0.4, -0.2) is 31.9 Å². The molecule has 0 aliphatic carbocycles. The van der Waals surface area contributed by atoms with Crippen LogP contribution in [0, 0.1) is 6.92 Å². The number of ether oxygens (including phenoxy) is 1. The van der Waals surface area contributed by atoms with Crippen LogP contribution in [0.25, 0.3) is 0 Å². The third-order valence-corrected chi connectivity index (χ3v) is 2.54. The van der Waals surface area contributed by atoms with Gasteiger partial charge in [0.25, 0.3) is 0 Å². The molecule has 2 N–H and O–H groups in total. The van der Waals surface area contributed by atoms with Gasteiger partial charge in [-0.25, -0.2) is 9.97 Å². The van der Waals surface area contributed by atoms with E-state index in [0.717, 1.165) is 30.9 Å². The van der Waals surface area contributed by atoms with Gasteiger partial charge in [-0.1, -0.05) is 18.6 Å². The Balaban J connectivity index is 2.01. The lowest BCUT2D eigenvalue weighted by atomic mass is 10.3. The molecule has 0 saturated carbocycles. The Morgan fingerprint density at radius 1 is 1.42 bits per heavy atom. The summed E-state index contributed by atoms with van der Waals surface area (Å²) in [4.78, 5) is 8.50. The summed E-state index contributed by atoms with van der Waals surface area (Å²) in [5, 5.41) is 13.4. The Kier molecular flexibility index (Phi) is 4.66. The highest BCUT2D eigenvalue weighted by Crippen LogP contribution is 2.21. The molecular weight excluding hydrogens is 244 g/mol. The van der Waals surface area contributed by atoms with Crippen molar-refractivity contribution in [3.8, 4) is 5.75 Å². The summed E-state index contributed by atoms with van der Waals surface area (Å²) in [5.74, 6) is 2.07. The number of aryl methyl sites for hydroxylation is 1. The Labute approximate surface area is 111 Å². The number of hydrogen-bond acceptors (Lipinski definition) is 6. The van der Waals surface area contributed by atoms with Gasteiger partial charge in [-0.15, -0.1) is 5.10 Å². The second-order valence-corrected chi connectivity index (χ2v) is 4.16. The standard InChI is InChI=1S/C12H18N6O/c1-3-4-5-13-12-11(7-14-9(2)16-12)19-8-10-6-15-18-17-10/h6-7H,3-5,8H2,1-2H3,(H,13,14,16)(H,15,17,18). The molecule has 7 nitrogen and oxygen atoms in total. The number of rotatable bonds is 7. The average Bonchev–Trinajstić information content (AvgIpc) is 2.91. The minimum absolute atomic E-state index is 0.339. The molecule has 0 aliphatic heterocycles. The highest BCUT2D eigenvalue weighted by molar-refractivity contribution is 5.48. The van der Waals surface area contributed by atoms with Crippen LogP contribution >= 0.6 is 0 Å². The fraction of sp³-hybridized carbons (Fsp3) is 0.500. The van der Waals surface area contributed by atoms with E-state index in [2.05, 4.69) is 37.6 Å². The van der Waals surface area contributed by atoms with E-state index in [-0.39, 0.29) is 0 Å². The summed E-state index contributed by atoms with van der Waals surface area (Å²) >= 11 is 0. The largest absolute Gasteiger partial charge is 0.482 e. The highest BCUT2D eigenvalue weighted by Gasteiger charge is 2.07. The first-order valence-corrected chi connectivity index (χ1v) is 6.35. The molecule has 0 radical (unpaired) electrons. The van der Waals surface area contributed by atoms with Gasteiger partial charge < -0.3 is 10.1 Å². The van der Waals surface area contributed by atoms with Gasteiger partial charge in [-0.3, -0.25) is 5.10 Å². The molecule has 0 fully saturated rings. The summed E-state index contributed by atoms with van der Waals surface area (Å²) in [6.07, 6.45) is 5.59. The summed E-state index contributed by atoms with van der Waals surface area (Å²) < 4.78 is 5.66. The smallest absolute Gasteiger partial charge is 0.180 e. The lowest BCUT2D eigenvalue weighted by Crippen LogP contribution is -2.08. The molecule has 2 aromatic rings. The van der Waals surface area contributed by atoms with Crippen molar-refractivity contribution in [3.05, 3.63) is 23.9 Å². The van der Waals surface area contributed by atoms with E-state index < -0.39 is 0 Å². The van der Waals surface area contributed by atoms with Crippen molar-refractivity contribution in [2.75, 3.05) is 11.9 Å². The molecule has 0 unspecified atom stereocenters. The predicted octanol–water partition coefficient (Wildman–Crippen LogP) is 1.69. The molecule has 0 bridgehead atoms. The third-order valence-electron chi connectivity index (χ3n) is 2.54. The molecule has 0 atom stereocenters. The summed E-state index contributed by atoms with van der Waals surface area (Å²) in [7, 11) is 0. The van der Waals surface area contributed by atoms with E-state index in [1.807, 2.05) is 6.92 Å². The minimum atomic E-state index is 0.339. The van der Waals surface area contributed by atoms with Crippen molar-refractivity contribution in [2.45, 2.75) is 33.3 Å². The van der Waals surface area contributed by atoms with Gasteiger partial charge in [0.05, 0.1) is 6.20 Å². The van der Waals surface area contributed by atoms with Crippen molar-refractivity contribution >= 4 is 5.82 Å². The molecule has 2 aromatic heterocycles. The van der Waals surface area contributed by atoms with Gasteiger partial charge in [0, 0.05) is 12.7 Å². The Morgan fingerprint density at radius 3 is 3.05 bits per heavy atom. The summed E-state index contributed by atoms with van der Waals surface area (Å²) in [6, 6.07) is 0. The second kappa shape index (κ2) is 6.67. The SMILES string of the molecule is CCCCNc1nc(C)ncc1OCc1c[nH]nn1. The number of aromatic amines is 1. The van der Waals surface area contributed by atoms with Gasteiger partial charge >= 0.3 is 0 Å². The zero-order chi connectivity index (χ0) is 13.5. The van der Waals surface area contributed by atoms with Crippen LogP contribution in [0.4, 0.5) is 5.82 Å². The number of hydrogen-bond donors (Lipinski definition) is 2. The van der Waals surface area contributed by atoms with E-state index in [1.54, 1.807) is 12.4 Å². The molecule has 2 rings (SSSR count). The number of nitrogens with zero attached hydrogens (tertiary/aromatic N) is 4. The highest BCUT2D eigenvalue weighted by atomic mass is 16.5. The maximum absolute atomic E-state index is 5.66. The number of aromatic nitrogens is 5. The zero-order valence-electron chi connectivity index (χ0n) is 11.2. The van der Waals surface area contributed by atoms with Crippen molar-refractivity contribution in [2.24, 2.45) is 0 Å². The van der Waals surface area contributed by atoms with E-state index >= 15 is 0 Å². The van der Waals surface area contributed by atoms with Crippen molar-refractivity contribution in [1.29, 1.82) is 0 Å². The van der Waals surface area contributed by atoms with Crippen LogP contribution in [-0.2, 0) is 6.61 Å². The Morgan fingerprint density at radius 2 is 2.32 bits per heavy atom. The molecule has 0 aromatic carbocycles. The first-order valence-electron chi connectivity index (χ1n) is 6.35. The first-order chi connectivity index (χ1) is 9.29. The molecule has 2 heterocycles. The van der Waals surface area contributed by atoms with Crippen molar-refractivity contribution in [1.82, 2.24) is 25.4 Å². The number of H-pyrrole nitrogens is 1. The van der Waals surface area contributed by atoms with Gasteiger partial charge in [-0.05, 0) is 13.3 Å². The number of unbranched alkanes of at least 4 members (excludes halogenated alkanes) is 1. The van der Waals surface area contributed by atoms with Crippen molar-refractivity contribution < 1.29 is 4.74 Å². The van der Waals surface area contributed by atoms with Crippen LogP contribution < -0.4 is 10.1 Å². The number of nitrogens with one attached hydrogen (secondary N) is 2. The molecule has 0 saturated heterocycles. The molecule has 0 amide bonds. The number of anilines is 1. The van der Waals surface area contributed by atoms with Crippen LogP contribution in [0.2, 0.25) is 0 Å². The van der Waals surface area contributed by atoms with Crippen LogP contribution in [0.1, 0.15) is 31.3 Å².